The second-order valence-electron chi connectivity index (χ2n) is 4.16. The molecule has 4 nitrogen and oxygen atoms in total. The Morgan fingerprint density at radius 1 is 1.50 bits per heavy atom. The predicted octanol–water partition coefficient (Wildman–Crippen LogP) is 0.895. The summed E-state index contributed by atoms with van der Waals surface area (Å²) in [5.41, 5.74) is -0.451. The minimum atomic E-state index is -0.451. The molecule has 1 N–H and O–H groups in total. The average molecular weight is 201 g/mol. The van der Waals surface area contributed by atoms with Gasteiger partial charge in [0.05, 0.1) is 6.04 Å². The van der Waals surface area contributed by atoms with Crippen LogP contribution in [-0.4, -0.2) is 30.9 Å². The summed E-state index contributed by atoms with van der Waals surface area (Å²) < 4.78 is 5.09. The Labute approximate surface area is 85.0 Å². The summed E-state index contributed by atoms with van der Waals surface area (Å²) in [4.78, 5) is 21.6. The Kier molecular flexibility index (Phi) is 5.38. The van der Waals surface area contributed by atoms with E-state index < -0.39 is 5.60 Å². The number of carbonyl (C=O) groups is 2. The smallest absolute Gasteiger partial charge is 0.306 e. The number of rotatable bonds is 5. The van der Waals surface area contributed by atoms with Crippen LogP contribution >= 0.6 is 0 Å². The van der Waals surface area contributed by atoms with Crippen LogP contribution in [0.4, 0.5) is 0 Å². The molecule has 0 aromatic heterocycles. The van der Waals surface area contributed by atoms with Gasteiger partial charge in [0.15, 0.2) is 0 Å². The number of nitrogens with one attached hydrogen (secondary N) is 1. The molecule has 0 heterocycles. The molecule has 14 heavy (non-hydrogen) atoms. The summed E-state index contributed by atoms with van der Waals surface area (Å²) in [6.45, 7) is 5.46. The topological polar surface area (TPSA) is 55.4 Å². The Hall–Kier alpha value is -0.900. The van der Waals surface area contributed by atoms with Crippen molar-refractivity contribution in [1.82, 2.24) is 5.32 Å². The third-order valence-electron chi connectivity index (χ3n) is 1.61. The van der Waals surface area contributed by atoms with E-state index in [1.807, 2.05) is 20.8 Å². The van der Waals surface area contributed by atoms with Crippen molar-refractivity contribution >= 4 is 12.3 Å². The van der Waals surface area contributed by atoms with E-state index in [1.165, 1.54) is 0 Å². The van der Waals surface area contributed by atoms with Gasteiger partial charge in [-0.15, -0.1) is 0 Å². The van der Waals surface area contributed by atoms with Crippen molar-refractivity contribution in [3.05, 3.63) is 0 Å². The van der Waals surface area contributed by atoms with Gasteiger partial charge in [-0.2, -0.15) is 0 Å². The molecule has 0 aliphatic carbocycles. The molecule has 0 fully saturated rings. The molecular weight excluding hydrogens is 182 g/mol. The number of esters is 1. The lowest BCUT2D eigenvalue weighted by Crippen LogP contribution is -2.29. The van der Waals surface area contributed by atoms with Crippen molar-refractivity contribution in [2.75, 3.05) is 7.05 Å². The quantitative estimate of drug-likeness (QED) is 0.530. The van der Waals surface area contributed by atoms with Gasteiger partial charge in [0.25, 0.3) is 0 Å². The van der Waals surface area contributed by atoms with Crippen molar-refractivity contribution in [3.63, 3.8) is 0 Å². The van der Waals surface area contributed by atoms with Gasteiger partial charge in [0.2, 0.25) is 0 Å². The summed E-state index contributed by atoms with van der Waals surface area (Å²) in [5, 5.41) is 2.79. The maximum Gasteiger partial charge on any atom is 0.306 e. The minimum absolute atomic E-state index is 0.262. The number of carbonyl (C=O) groups excluding carboxylic acids is 2. The summed E-state index contributed by atoms with van der Waals surface area (Å²) in [6.07, 6.45) is 1.54. The maximum atomic E-state index is 11.2. The molecule has 4 heteroatoms. The van der Waals surface area contributed by atoms with Gasteiger partial charge in [-0.25, -0.2) is 0 Å². The van der Waals surface area contributed by atoms with E-state index >= 15 is 0 Å². The fraction of sp³-hybridized carbons (Fsp3) is 0.800. The molecule has 1 unspecified atom stereocenters. The van der Waals surface area contributed by atoms with Crippen LogP contribution in [-0.2, 0) is 14.3 Å². The third kappa shape index (κ3) is 6.60. The van der Waals surface area contributed by atoms with Crippen LogP contribution in [0.25, 0.3) is 0 Å². The van der Waals surface area contributed by atoms with Crippen LogP contribution in [0.15, 0.2) is 0 Å². The zero-order valence-corrected chi connectivity index (χ0v) is 9.29. The van der Waals surface area contributed by atoms with Crippen molar-refractivity contribution in [2.45, 2.75) is 45.3 Å². The maximum absolute atomic E-state index is 11.2. The van der Waals surface area contributed by atoms with Crippen molar-refractivity contribution < 1.29 is 14.3 Å². The predicted molar refractivity (Wildman–Crippen MR) is 54.0 cm³/mol. The molecule has 0 aliphatic heterocycles. The van der Waals surface area contributed by atoms with Gasteiger partial charge in [-0.1, -0.05) is 0 Å². The number of hydrogen-bond donors (Lipinski definition) is 1. The first-order valence-electron chi connectivity index (χ1n) is 4.73. The van der Waals surface area contributed by atoms with Crippen LogP contribution in [0.5, 0.6) is 0 Å². The van der Waals surface area contributed by atoms with Gasteiger partial charge in [0, 0.05) is 6.42 Å². The van der Waals surface area contributed by atoms with E-state index in [4.69, 9.17) is 4.74 Å². The van der Waals surface area contributed by atoms with Gasteiger partial charge >= 0.3 is 5.97 Å². The van der Waals surface area contributed by atoms with E-state index in [0.717, 1.165) is 6.29 Å². The fourth-order valence-electron chi connectivity index (χ4n) is 0.946. The highest BCUT2D eigenvalue weighted by molar-refractivity contribution is 5.70. The molecule has 0 rings (SSSR count). The lowest BCUT2D eigenvalue weighted by Gasteiger charge is -2.19. The standard InChI is InChI=1S/C10H19NO3/c1-10(2,3)14-9(13)6-5-8(7-12)11-4/h7-8,11H,5-6H2,1-4H3. The normalized spacial score (nSPS) is 13.4. The number of aldehydes is 1. The Balaban J connectivity index is 3.79. The Bertz CT molecular complexity index is 196. The number of ether oxygens (including phenoxy) is 1. The molecule has 1 atom stereocenters. The molecule has 0 bridgehead atoms. The third-order valence-corrected chi connectivity index (χ3v) is 1.61. The van der Waals surface area contributed by atoms with E-state index in [9.17, 15) is 9.59 Å². The molecule has 0 aliphatic rings. The SMILES string of the molecule is CNC(C=O)CCC(=O)OC(C)(C)C. The van der Waals surface area contributed by atoms with Gasteiger partial charge in [-0.3, -0.25) is 4.79 Å². The van der Waals surface area contributed by atoms with Crippen molar-refractivity contribution in [2.24, 2.45) is 0 Å². The minimum Gasteiger partial charge on any atom is -0.460 e. The van der Waals surface area contributed by atoms with Gasteiger partial charge < -0.3 is 14.8 Å². The van der Waals surface area contributed by atoms with Crippen molar-refractivity contribution in [3.8, 4) is 0 Å². The molecule has 82 valence electrons. The van der Waals surface area contributed by atoms with Crippen molar-refractivity contribution in [1.29, 1.82) is 0 Å². The second-order valence-corrected chi connectivity index (χ2v) is 4.16. The van der Waals surface area contributed by atoms with E-state index in [0.29, 0.717) is 6.42 Å². The summed E-state index contributed by atoms with van der Waals surface area (Å²) in [5.74, 6) is -0.264. The van der Waals surface area contributed by atoms with Crippen LogP contribution in [0.1, 0.15) is 33.6 Å². The van der Waals surface area contributed by atoms with Crippen LogP contribution in [0, 0.1) is 0 Å². The zero-order chi connectivity index (χ0) is 11.2. The Morgan fingerprint density at radius 2 is 2.07 bits per heavy atom. The average Bonchev–Trinajstić information content (AvgIpc) is 2.03. The van der Waals surface area contributed by atoms with Gasteiger partial charge in [0.1, 0.15) is 11.9 Å². The first-order chi connectivity index (χ1) is 6.39. The molecule has 0 saturated carbocycles. The van der Waals surface area contributed by atoms with Crippen LogP contribution < -0.4 is 5.32 Å². The fourth-order valence-corrected chi connectivity index (χ4v) is 0.946. The monoisotopic (exact) mass is 201 g/mol. The number of likely N-dealkylation sites (N-methyl/N-ethyl adjacent to an activating group) is 1. The van der Waals surface area contributed by atoms with E-state index in [-0.39, 0.29) is 18.4 Å². The van der Waals surface area contributed by atoms with Gasteiger partial charge in [-0.05, 0) is 34.2 Å². The summed E-state index contributed by atoms with van der Waals surface area (Å²) in [7, 11) is 1.69. The molecular formula is C10H19NO3. The first-order valence-corrected chi connectivity index (χ1v) is 4.73. The highest BCUT2D eigenvalue weighted by Crippen LogP contribution is 2.09. The Morgan fingerprint density at radius 3 is 2.43 bits per heavy atom. The molecule has 0 amide bonds. The van der Waals surface area contributed by atoms with Crippen LogP contribution in [0.2, 0.25) is 0 Å². The molecule has 0 aromatic rings. The first kappa shape index (κ1) is 13.1. The molecule has 0 aromatic carbocycles. The largest absolute Gasteiger partial charge is 0.460 e. The van der Waals surface area contributed by atoms with E-state index in [1.54, 1.807) is 7.05 Å². The summed E-state index contributed by atoms with van der Waals surface area (Å²) in [6, 6.07) is -0.262. The second kappa shape index (κ2) is 5.75. The molecule has 0 radical (unpaired) electrons. The lowest BCUT2D eigenvalue weighted by atomic mass is 10.1. The number of hydrogen-bond acceptors (Lipinski definition) is 4. The molecule has 0 saturated heterocycles. The van der Waals surface area contributed by atoms with Crippen LogP contribution in [0.3, 0.4) is 0 Å². The highest BCUT2D eigenvalue weighted by Gasteiger charge is 2.17. The zero-order valence-electron chi connectivity index (χ0n) is 9.29. The van der Waals surface area contributed by atoms with E-state index in [2.05, 4.69) is 5.32 Å². The highest BCUT2D eigenvalue weighted by atomic mass is 16.6. The summed E-state index contributed by atoms with van der Waals surface area (Å²) >= 11 is 0. The molecule has 0 spiro atoms. The lowest BCUT2D eigenvalue weighted by molar-refractivity contribution is -0.155.